The second-order valence-corrected chi connectivity index (χ2v) is 8.59. The van der Waals surface area contributed by atoms with Crippen LogP contribution in [0.1, 0.15) is 50.9 Å². The van der Waals surface area contributed by atoms with E-state index in [-0.39, 0.29) is 42.5 Å². The molecule has 9 nitrogen and oxygen atoms in total. The highest BCUT2D eigenvalue weighted by atomic mass is 16.5. The molecule has 1 aromatic carbocycles. The largest absolute Gasteiger partial charge is 0.491 e. The summed E-state index contributed by atoms with van der Waals surface area (Å²) in [6, 6.07) is 4.60. The maximum absolute atomic E-state index is 13.2. The number of amides is 4. The SMILES string of the molecule is CCCNC(=O)N1C[C@@H](C)[C@H](OC)CN(C)C(=O)c2ccc(NC(=O)CC)cc2OC[C@H]1C. The molecule has 0 radical (unpaired) electrons. The molecule has 2 rings (SSSR count). The van der Waals surface area contributed by atoms with Crippen molar-refractivity contribution < 1.29 is 23.9 Å². The first-order valence-electron chi connectivity index (χ1n) is 11.6. The van der Waals surface area contributed by atoms with Crippen molar-refractivity contribution in [2.24, 2.45) is 5.92 Å². The van der Waals surface area contributed by atoms with Gasteiger partial charge in [0, 0.05) is 57.9 Å². The zero-order valence-corrected chi connectivity index (χ0v) is 20.6. The Morgan fingerprint density at radius 2 is 1.94 bits per heavy atom. The number of ether oxygens (including phenoxy) is 2. The highest BCUT2D eigenvalue weighted by Gasteiger charge is 2.30. The maximum Gasteiger partial charge on any atom is 0.317 e. The number of nitrogens with zero attached hydrogens (tertiary/aromatic N) is 2. The highest BCUT2D eigenvalue weighted by molar-refractivity contribution is 5.98. The van der Waals surface area contributed by atoms with Gasteiger partial charge in [0.2, 0.25) is 5.91 Å². The van der Waals surface area contributed by atoms with Gasteiger partial charge in [-0.2, -0.15) is 0 Å². The minimum Gasteiger partial charge on any atom is -0.491 e. The van der Waals surface area contributed by atoms with Gasteiger partial charge in [0.25, 0.3) is 5.91 Å². The Hall–Kier alpha value is -2.81. The molecule has 1 heterocycles. The lowest BCUT2D eigenvalue weighted by molar-refractivity contribution is -0.115. The predicted octanol–water partition coefficient (Wildman–Crippen LogP) is 2.96. The first kappa shape index (κ1) is 26.4. The van der Waals surface area contributed by atoms with Crippen LogP contribution in [0.4, 0.5) is 10.5 Å². The minimum absolute atomic E-state index is 0.00870. The van der Waals surface area contributed by atoms with E-state index in [2.05, 4.69) is 10.6 Å². The monoisotopic (exact) mass is 462 g/mol. The van der Waals surface area contributed by atoms with Gasteiger partial charge in [-0.15, -0.1) is 0 Å². The van der Waals surface area contributed by atoms with E-state index in [0.717, 1.165) is 6.42 Å². The highest BCUT2D eigenvalue weighted by Crippen LogP contribution is 2.27. The summed E-state index contributed by atoms with van der Waals surface area (Å²) in [6.45, 7) is 9.31. The fourth-order valence-electron chi connectivity index (χ4n) is 3.72. The van der Waals surface area contributed by atoms with Crippen LogP contribution in [-0.2, 0) is 9.53 Å². The number of nitrogens with one attached hydrogen (secondary N) is 2. The lowest BCUT2D eigenvalue weighted by atomic mass is 10.0. The number of hydrogen-bond acceptors (Lipinski definition) is 5. The molecule has 1 aliphatic rings. The number of hydrogen-bond donors (Lipinski definition) is 2. The third-order valence-electron chi connectivity index (χ3n) is 5.84. The van der Waals surface area contributed by atoms with Crippen molar-refractivity contribution in [1.82, 2.24) is 15.1 Å². The fraction of sp³-hybridized carbons (Fsp3) is 0.625. The smallest absolute Gasteiger partial charge is 0.317 e. The number of fused-ring (bicyclic) bond motifs is 1. The maximum atomic E-state index is 13.2. The van der Waals surface area contributed by atoms with Crippen molar-refractivity contribution >= 4 is 23.5 Å². The number of methoxy groups -OCH3 is 1. The lowest BCUT2D eigenvalue weighted by Gasteiger charge is -2.36. The number of urea groups is 1. The van der Waals surface area contributed by atoms with Crippen LogP contribution in [-0.4, -0.2) is 80.2 Å². The van der Waals surface area contributed by atoms with Crippen LogP contribution < -0.4 is 15.4 Å². The van der Waals surface area contributed by atoms with Gasteiger partial charge >= 0.3 is 6.03 Å². The van der Waals surface area contributed by atoms with Crippen LogP contribution in [0.5, 0.6) is 5.75 Å². The molecule has 0 saturated carbocycles. The van der Waals surface area contributed by atoms with Gasteiger partial charge in [-0.1, -0.05) is 20.8 Å². The zero-order valence-electron chi connectivity index (χ0n) is 20.6. The normalized spacial score (nSPS) is 21.9. The van der Waals surface area contributed by atoms with Crippen LogP contribution >= 0.6 is 0 Å². The average molecular weight is 463 g/mol. The Bertz CT molecular complexity index is 831. The Labute approximate surface area is 196 Å². The van der Waals surface area contributed by atoms with Crippen LogP contribution in [0.25, 0.3) is 0 Å². The number of carbonyl (C=O) groups excluding carboxylic acids is 3. The second-order valence-electron chi connectivity index (χ2n) is 8.59. The summed E-state index contributed by atoms with van der Waals surface area (Å²) >= 11 is 0. The average Bonchev–Trinajstić information content (AvgIpc) is 2.81. The molecule has 0 unspecified atom stereocenters. The first-order valence-corrected chi connectivity index (χ1v) is 11.6. The number of rotatable bonds is 5. The number of carbonyl (C=O) groups is 3. The molecule has 33 heavy (non-hydrogen) atoms. The quantitative estimate of drug-likeness (QED) is 0.701. The van der Waals surface area contributed by atoms with Gasteiger partial charge in [-0.05, 0) is 25.5 Å². The number of likely N-dealkylation sites (N-methyl/N-ethyl adjacent to an activating group) is 1. The molecule has 0 fully saturated rings. The van der Waals surface area contributed by atoms with Crippen molar-refractivity contribution in [3.05, 3.63) is 23.8 Å². The third kappa shape index (κ3) is 7.08. The Balaban J connectivity index is 2.42. The summed E-state index contributed by atoms with van der Waals surface area (Å²) < 4.78 is 11.8. The first-order chi connectivity index (χ1) is 15.7. The van der Waals surface area contributed by atoms with Crippen molar-refractivity contribution in [2.75, 3.05) is 45.7 Å². The van der Waals surface area contributed by atoms with Crippen molar-refractivity contribution in [1.29, 1.82) is 0 Å². The Morgan fingerprint density at radius 1 is 1.21 bits per heavy atom. The van der Waals surface area contributed by atoms with E-state index in [1.54, 1.807) is 49.1 Å². The van der Waals surface area contributed by atoms with Gasteiger partial charge in [-0.3, -0.25) is 9.59 Å². The standard InChI is InChI=1S/C24H38N4O5/c1-7-11-25-24(31)28-13-16(3)21(32-6)14-27(5)23(30)19-10-9-18(26-22(29)8-2)12-20(19)33-15-17(28)4/h9-10,12,16-17,21H,7-8,11,13-15H2,1-6H3,(H,25,31)(H,26,29)/t16-,17-,21-/m1/s1. The molecule has 9 heteroatoms. The van der Waals surface area contributed by atoms with Crippen molar-refractivity contribution in [2.45, 2.75) is 52.7 Å². The molecule has 3 atom stereocenters. The number of benzene rings is 1. The van der Waals surface area contributed by atoms with E-state index < -0.39 is 0 Å². The summed E-state index contributed by atoms with van der Waals surface area (Å²) in [6.07, 6.45) is 0.932. The summed E-state index contributed by atoms with van der Waals surface area (Å²) in [4.78, 5) is 41.3. The molecule has 0 saturated heterocycles. The van der Waals surface area contributed by atoms with Crippen LogP contribution in [0.3, 0.4) is 0 Å². The van der Waals surface area contributed by atoms with Crippen LogP contribution in [0, 0.1) is 5.92 Å². The van der Waals surface area contributed by atoms with Gasteiger partial charge < -0.3 is 29.9 Å². The van der Waals surface area contributed by atoms with Gasteiger partial charge in [0.1, 0.15) is 12.4 Å². The molecule has 0 aromatic heterocycles. The van der Waals surface area contributed by atoms with E-state index in [0.29, 0.717) is 43.1 Å². The molecular weight excluding hydrogens is 424 g/mol. The van der Waals surface area contributed by atoms with E-state index in [1.807, 2.05) is 20.8 Å². The van der Waals surface area contributed by atoms with E-state index in [1.165, 1.54) is 0 Å². The molecule has 4 amide bonds. The van der Waals surface area contributed by atoms with E-state index in [9.17, 15) is 14.4 Å². The van der Waals surface area contributed by atoms with Gasteiger partial charge in [-0.25, -0.2) is 4.79 Å². The number of anilines is 1. The summed E-state index contributed by atoms with van der Waals surface area (Å²) in [5.41, 5.74) is 0.945. The molecule has 2 N–H and O–H groups in total. The molecule has 1 aromatic rings. The zero-order chi connectivity index (χ0) is 24.5. The fourth-order valence-corrected chi connectivity index (χ4v) is 3.72. The van der Waals surface area contributed by atoms with Gasteiger partial charge in [0.05, 0.1) is 17.7 Å². The van der Waals surface area contributed by atoms with Crippen LogP contribution in [0.2, 0.25) is 0 Å². The third-order valence-corrected chi connectivity index (χ3v) is 5.84. The lowest BCUT2D eigenvalue weighted by Crippen LogP contribution is -2.51. The Kier molecular flexibility index (Phi) is 9.96. The summed E-state index contributed by atoms with van der Waals surface area (Å²) in [5.74, 6) is 0.0312. The van der Waals surface area contributed by atoms with Crippen LogP contribution in [0.15, 0.2) is 18.2 Å². The van der Waals surface area contributed by atoms with Crippen molar-refractivity contribution in [3.8, 4) is 5.75 Å². The molecular formula is C24H38N4O5. The second kappa shape index (κ2) is 12.4. The Morgan fingerprint density at radius 3 is 2.58 bits per heavy atom. The minimum atomic E-state index is -0.254. The molecule has 0 bridgehead atoms. The molecule has 1 aliphatic heterocycles. The van der Waals surface area contributed by atoms with Gasteiger partial charge in [0.15, 0.2) is 0 Å². The summed E-state index contributed by atoms with van der Waals surface area (Å²) in [7, 11) is 3.34. The molecule has 0 spiro atoms. The molecule has 0 aliphatic carbocycles. The topological polar surface area (TPSA) is 100 Å². The molecule has 184 valence electrons. The van der Waals surface area contributed by atoms with E-state index >= 15 is 0 Å². The van der Waals surface area contributed by atoms with Crippen molar-refractivity contribution in [3.63, 3.8) is 0 Å². The predicted molar refractivity (Wildman–Crippen MR) is 128 cm³/mol. The van der Waals surface area contributed by atoms with E-state index in [4.69, 9.17) is 9.47 Å². The summed E-state index contributed by atoms with van der Waals surface area (Å²) in [5, 5.41) is 5.75.